The summed E-state index contributed by atoms with van der Waals surface area (Å²) in [5.74, 6) is 0.630. The van der Waals surface area contributed by atoms with Gasteiger partial charge in [0.25, 0.3) is 0 Å². The van der Waals surface area contributed by atoms with Crippen molar-refractivity contribution in [1.29, 1.82) is 5.26 Å². The second-order valence-corrected chi connectivity index (χ2v) is 8.19. The smallest absolute Gasteiger partial charge is 0.0987 e. The highest BCUT2D eigenvalue weighted by atomic mass is 79.9. The minimum absolute atomic E-state index is 0.278. The Kier molecular flexibility index (Phi) is 4.80. The van der Waals surface area contributed by atoms with Crippen LogP contribution in [-0.4, -0.2) is 5.11 Å². The summed E-state index contributed by atoms with van der Waals surface area (Å²) in [5.41, 5.74) is 0.458. The Labute approximate surface area is 136 Å². The van der Waals surface area contributed by atoms with Gasteiger partial charge in [-0.25, -0.2) is 0 Å². The number of hydrogen-bond acceptors (Lipinski definition) is 2. The Morgan fingerprint density at radius 2 is 1.86 bits per heavy atom. The normalized spacial score (nSPS) is 27.9. The highest BCUT2D eigenvalue weighted by molar-refractivity contribution is 9.10. The van der Waals surface area contributed by atoms with Gasteiger partial charge >= 0.3 is 0 Å². The summed E-state index contributed by atoms with van der Waals surface area (Å²) in [5, 5.41) is 20.5. The third-order valence-electron chi connectivity index (χ3n) is 5.05. The molecule has 0 spiro atoms. The Balaban J connectivity index is 2.21. The van der Waals surface area contributed by atoms with Crippen LogP contribution in [-0.2, 0) is 0 Å². The first-order valence-corrected chi connectivity index (χ1v) is 8.43. The van der Waals surface area contributed by atoms with Gasteiger partial charge in [0.2, 0.25) is 0 Å². The molecular weight excluding hydrogens is 326 g/mol. The van der Waals surface area contributed by atoms with E-state index in [0.717, 1.165) is 35.7 Å². The summed E-state index contributed by atoms with van der Waals surface area (Å²) in [6.07, 6.45) is 2.85. The van der Waals surface area contributed by atoms with Gasteiger partial charge in [0, 0.05) is 4.47 Å². The number of nitriles is 1. The molecule has 0 amide bonds. The van der Waals surface area contributed by atoms with Crippen molar-refractivity contribution in [2.45, 2.75) is 52.6 Å². The summed E-state index contributed by atoms with van der Waals surface area (Å²) >= 11 is 3.49. The molecule has 0 aromatic heterocycles. The molecule has 1 N–H and O–H groups in total. The topological polar surface area (TPSA) is 44.0 Å². The van der Waals surface area contributed by atoms with Crippen LogP contribution >= 0.6 is 15.9 Å². The first kappa shape index (κ1) is 16.5. The third-order valence-corrected chi connectivity index (χ3v) is 5.77. The Hall–Kier alpha value is -0.850. The SMILES string of the molecule is CC(C)(C)C1CCC(C#N)(C(O)c2ccccc2Br)CC1. The molecule has 1 unspecified atom stereocenters. The molecule has 2 nitrogen and oxygen atoms in total. The summed E-state index contributed by atoms with van der Waals surface area (Å²) in [6.45, 7) is 6.80. The van der Waals surface area contributed by atoms with Gasteiger partial charge < -0.3 is 5.11 Å². The molecule has 0 saturated heterocycles. The maximum atomic E-state index is 10.8. The van der Waals surface area contributed by atoms with E-state index in [1.807, 2.05) is 24.3 Å². The molecule has 1 aliphatic carbocycles. The van der Waals surface area contributed by atoms with Crippen LogP contribution < -0.4 is 0 Å². The van der Waals surface area contributed by atoms with E-state index in [9.17, 15) is 10.4 Å². The number of hydrogen-bond donors (Lipinski definition) is 1. The highest BCUT2D eigenvalue weighted by Gasteiger charge is 2.44. The number of rotatable bonds is 2. The average Bonchev–Trinajstić information content (AvgIpc) is 2.46. The quantitative estimate of drug-likeness (QED) is 0.794. The molecule has 3 heteroatoms. The summed E-state index contributed by atoms with van der Waals surface area (Å²) in [4.78, 5) is 0. The van der Waals surface area contributed by atoms with E-state index in [1.165, 1.54) is 0 Å². The van der Waals surface area contributed by atoms with Gasteiger partial charge in [-0.3, -0.25) is 0 Å². The van der Waals surface area contributed by atoms with Crippen LogP contribution in [0.3, 0.4) is 0 Å². The molecule has 0 heterocycles. The number of halogens is 1. The molecule has 1 aliphatic rings. The van der Waals surface area contributed by atoms with Crippen LogP contribution in [0.5, 0.6) is 0 Å². The van der Waals surface area contributed by atoms with Gasteiger partial charge in [-0.05, 0) is 48.6 Å². The fourth-order valence-electron chi connectivity index (χ4n) is 3.44. The third kappa shape index (κ3) is 3.33. The van der Waals surface area contributed by atoms with Crippen molar-refractivity contribution in [2.75, 3.05) is 0 Å². The van der Waals surface area contributed by atoms with Gasteiger partial charge in [-0.2, -0.15) is 5.26 Å². The zero-order valence-electron chi connectivity index (χ0n) is 13.1. The van der Waals surface area contributed by atoms with Gasteiger partial charge in [0.05, 0.1) is 17.6 Å². The van der Waals surface area contributed by atoms with E-state index >= 15 is 0 Å². The summed E-state index contributed by atoms with van der Waals surface area (Å²) in [6, 6.07) is 10.1. The summed E-state index contributed by atoms with van der Waals surface area (Å²) in [7, 11) is 0. The number of nitrogens with zero attached hydrogens (tertiary/aromatic N) is 1. The molecule has 1 saturated carbocycles. The fraction of sp³-hybridized carbons (Fsp3) is 0.611. The second-order valence-electron chi connectivity index (χ2n) is 7.33. The lowest BCUT2D eigenvalue weighted by atomic mass is 9.62. The molecule has 21 heavy (non-hydrogen) atoms. The van der Waals surface area contributed by atoms with Crippen molar-refractivity contribution in [3.63, 3.8) is 0 Å². The summed E-state index contributed by atoms with van der Waals surface area (Å²) < 4.78 is 0.880. The second kappa shape index (κ2) is 6.10. The molecule has 1 atom stereocenters. The molecule has 0 bridgehead atoms. The standard InChI is InChI=1S/C18H24BrNO/c1-17(2,3)13-8-10-18(12-20,11-9-13)16(21)14-6-4-5-7-15(14)19/h4-7,13,16,21H,8-11H2,1-3H3. The monoisotopic (exact) mass is 349 g/mol. The molecule has 2 rings (SSSR count). The van der Waals surface area contributed by atoms with Crippen molar-refractivity contribution in [3.8, 4) is 6.07 Å². The van der Waals surface area contributed by atoms with Crippen LogP contribution in [0.2, 0.25) is 0 Å². The van der Waals surface area contributed by atoms with Gasteiger partial charge in [0.1, 0.15) is 0 Å². The van der Waals surface area contributed by atoms with Gasteiger partial charge in [0.15, 0.2) is 0 Å². The molecule has 114 valence electrons. The highest BCUT2D eigenvalue weighted by Crippen LogP contribution is 2.51. The van der Waals surface area contributed by atoms with Crippen LogP contribution in [0.25, 0.3) is 0 Å². The number of benzene rings is 1. The molecule has 0 aliphatic heterocycles. The zero-order chi connectivity index (χ0) is 15.7. The first-order chi connectivity index (χ1) is 9.80. The van der Waals surface area contributed by atoms with Crippen LogP contribution in [0.15, 0.2) is 28.7 Å². The first-order valence-electron chi connectivity index (χ1n) is 7.64. The Bertz CT molecular complexity index is 533. The van der Waals surface area contributed by atoms with E-state index in [4.69, 9.17) is 0 Å². The van der Waals surface area contributed by atoms with Crippen molar-refractivity contribution in [1.82, 2.24) is 0 Å². The van der Waals surface area contributed by atoms with Crippen molar-refractivity contribution in [2.24, 2.45) is 16.7 Å². The lowest BCUT2D eigenvalue weighted by Crippen LogP contribution is -2.36. The van der Waals surface area contributed by atoms with E-state index in [2.05, 4.69) is 42.8 Å². The van der Waals surface area contributed by atoms with Gasteiger partial charge in [-0.15, -0.1) is 0 Å². The van der Waals surface area contributed by atoms with Crippen LogP contribution in [0.4, 0.5) is 0 Å². The van der Waals surface area contributed by atoms with Crippen molar-refractivity contribution >= 4 is 15.9 Å². The molecular formula is C18H24BrNO. The predicted octanol–water partition coefficient (Wildman–Crippen LogP) is 5.23. The Morgan fingerprint density at radius 3 is 2.33 bits per heavy atom. The van der Waals surface area contributed by atoms with Crippen LogP contribution in [0.1, 0.15) is 58.1 Å². The predicted molar refractivity (Wildman–Crippen MR) is 88.6 cm³/mol. The molecule has 1 fully saturated rings. The van der Waals surface area contributed by atoms with Crippen LogP contribution in [0, 0.1) is 28.1 Å². The minimum atomic E-state index is -0.723. The fourth-order valence-corrected chi connectivity index (χ4v) is 3.94. The molecule has 1 aromatic carbocycles. The lowest BCUT2D eigenvalue weighted by molar-refractivity contribution is 0.00802. The maximum absolute atomic E-state index is 10.8. The number of aliphatic hydroxyl groups excluding tert-OH is 1. The Morgan fingerprint density at radius 1 is 1.29 bits per heavy atom. The number of aliphatic hydroxyl groups is 1. The van der Waals surface area contributed by atoms with Gasteiger partial charge in [-0.1, -0.05) is 54.9 Å². The average molecular weight is 350 g/mol. The largest absolute Gasteiger partial charge is 0.387 e. The van der Waals surface area contributed by atoms with E-state index in [-0.39, 0.29) is 5.41 Å². The lowest BCUT2D eigenvalue weighted by Gasteiger charge is -2.42. The molecule has 0 radical (unpaired) electrons. The van der Waals surface area contributed by atoms with E-state index < -0.39 is 11.5 Å². The zero-order valence-corrected chi connectivity index (χ0v) is 14.7. The van der Waals surface area contributed by atoms with E-state index in [1.54, 1.807) is 0 Å². The van der Waals surface area contributed by atoms with E-state index in [0.29, 0.717) is 5.92 Å². The maximum Gasteiger partial charge on any atom is 0.0987 e. The van der Waals surface area contributed by atoms with Crippen molar-refractivity contribution in [3.05, 3.63) is 34.3 Å². The minimum Gasteiger partial charge on any atom is -0.387 e. The molecule has 1 aromatic rings. The van der Waals surface area contributed by atoms with Crippen molar-refractivity contribution < 1.29 is 5.11 Å².